The highest BCUT2D eigenvalue weighted by Gasteiger charge is 2.47. The molecule has 0 unspecified atom stereocenters. The lowest BCUT2D eigenvalue weighted by atomic mass is 9.79. The molecule has 1 saturated heterocycles. The number of carbonyl (C=O) groups excluding carboxylic acids is 2. The number of amides is 2. The van der Waals surface area contributed by atoms with Gasteiger partial charge >= 0.3 is 0 Å². The largest absolute Gasteiger partial charge is 0.340 e. The van der Waals surface area contributed by atoms with Crippen LogP contribution in [0.2, 0.25) is 0 Å². The van der Waals surface area contributed by atoms with Crippen LogP contribution in [-0.4, -0.2) is 23.9 Å². The fourth-order valence-electron chi connectivity index (χ4n) is 3.44. The zero-order chi connectivity index (χ0) is 15.0. The van der Waals surface area contributed by atoms with Gasteiger partial charge in [0.2, 0.25) is 5.91 Å². The van der Waals surface area contributed by atoms with E-state index in [4.69, 9.17) is 0 Å². The highest BCUT2D eigenvalue weighted by Crippen LogP contribution is 2.35. The number of hydrogen-bond donors (Lipinski definition) is 1. The number of halogens is 1. The maximum absolute atomic E-state index is 13.0. The Morgan fingerprint density at radius 2 is 1.90 bits per heavy atom. The molecule has 0 bridgehead atoms. The molecule has 1 spiro atoms. The van der Waals surface area contributed by atoms with Crippen molar-refractivity contribution in [3.05, 3.63) is 28.2 Å². The standard InChI is InChI=1S/C16H19BrN2O2/c1-11-9-12(17)5-6-13(11)19-10-14(20)18-16(15(19)21)7-3-2-4-8-16/h5-6,9H,2-4,7-8,10H2,1H3,(H,18,20). The molecule has 0 radical (unpaired) electrons. The summed E-state index contributed by atoms with van der Waals surface area (Å²) in [6, 6.07) is 5.80. The van der Waals surface area contributed by atoms with E-state index in [1.165, 1.54) is 0 Å². The van der Waals surface area contributed by atoms with E-state index in [2.05, 4.69) is 21.2 Å². The Kier molecular flexibility index (Phi) is 3.78. The third-order valence-corrected chi connectivity index (χ3v) is 4.98. The average molecular weight is 351 g/mol. The molecular weight excluding hydrogens is 332 g/mol. The van der Waals surface area contributed by atoms with Gasteiger partial charge in [0.05, 0.1) is 0 Å². The quantitative estimate of drug-likeness (QED) is 0.846. The Balaban J connectivity index is 1.97. The van der Waals surface area contributed by atoms with Crippen LogP contribution in [0.15, 0.2) is 22.7 Å². The normalized spacial score (nSPS) is 21.5. The minimum atomic E-state index is -0.674. The van der Waals surface area contributed by atoms with Gasteiger partial charge in [-0.1, -0.05) is 35.2 Å². The van der Waals surface area contributed by atoms with Gasteiger partial charge in [0.15, 0.2) is 0 Å². The second-order valence-electron chi connectivity index (χ2n) is 6.01. The zero-order valence-corrected chi connectivity index (χ0v) is 13.7. The van der Waals surface area contributed by atoms with Crippen molar-refractivity contribution in [2.75, 3.05) is 11.4 Å². The van der Waals surface area contributed by atoms with Crippen LogP contribution in [0.5, 0.6) is 0 Å². The Hall–Kier alpha value is -1.36. The van der Waals surface area contributed by atoms with Crippen molar-refractivity contribution in [2.45, 2.75) is 44.6 Å². The molecule has 4 nitrogen and oxygen atoms in total. The van der Waals surface area contributed by atoms with Crippen molar-refractivity contribution in [3.8, 4) is 0 Å². The van der Waals surface area contributed by atoms with E-state index in [1.807, 2.05) is 25.1 Å². The highest BCUT2D eigenvalue weighted by atomic mass is 79.9. The van der Waals surface area contributed by atoms with Gasteiger partial charge in [-0.05, 0) is 43.5 Å². The minimum Gasteiger partial charge on any atom is -0.340 e. The number of aryl methyl sites for hydroxylation is 1. The summed E-state index contributed by atoms with van der Waals surface area (Å²) < 4.78 is 0.977. The van der Waals surface area contributed by atoms with Gasteiger partial charge in [-0.2, -0.15) is 0 Å². The van der Waals surface area contributed by atoms with E-state index in [9.17, 15) is 9.59 Å². The molecule has 1 aromatic carbocycles. The summed E-state index contributed by atoms with van der Waals surface area (Å²) >= 11 is 3.43. The van der Waals surface area contributed by atoms with E-state index in [1.54, 1.807) is 4.90 Å². The van der Waals surface area contributed by atoms with E-state index in [0.29, 0.717) is 0 Å². The molecule has 1 N–H and O–H groups in total. The first-order valence-electron chi connectivity index (χ1n) is 7.41. The Labute approximate surface area is 133 Å². The van der Waals surface area contributed by atoms with Crippen molar-refractivity contribution in [1.29, 1.82) is 0 Å². The molecule has 112 valence electrons. The van der Waals surface area contributed by atoms with Crippen molar-refractivity contribution in [1.82, 2.24) is 5.32 Å². The summed E-state index contributed by atoms with van der Waals surface area (Å²) in [5.74, 6) is -0.00830. The maximum Gasteiger partial charge on any atom is 0.253 e. The van der Waals surface area contributed by atoms with Crippen molar-refractivity contribution in [2.24, 2.45) is 0 Å². The fourth-order valence-corrected chi connectivity index (χ4v) is 3.92. The number of carbonyl (C=O) groups is 2. The van der Waals surface area contributed by atoms with E-state index in [0.717, 1.165) is 47.8 Å². The monoisotopic (exact) mass is 350 g/mol. The zero-order valence-electron chi connectivity index (χ0n) is 12.1. The van der Waals surface area contributed by atoms with Crippen LogP contribution in [0.25, 0.3) is 0 Å². The summed E-state index contributed by atoms with van der Waals surface area (Å²) in [4.78, 5) is 26.8. The van der Waals surface area contributed by atoms with Crippen LogP contribution in [0.1, 0.15) is 37.7 Å². The summed E-state index contributed by atoms with van der Waals surface area (Å²) in [5.41, 5.74) is 1.16. The van der Waals surface area contributed by atoms with Gasteiger partial charge in [-0.25, -0.2) is 0 Å². The molecule has 1 aliphatic carbocycles. The molecule has 0 aromatic heterocycles. The van der Waals surface area contributed by atoms with E-state index >= 15 is 0 Å². The number of nitrogens with one attached hydrogen (secondary N) is 1. The summed E-state index contributed by atoms with van der Waals surface area (Å²) in [5, 5.41) is 2.97. The molecule has 1 saturated carbocycles. The first kappa shape index (κ1) is 14.6. The molecule has 3 rings (SSSR count). The Morgan fingerprint density at radius 1 is 1.19 bits per heavy atom. The van der Waals surface area contributed by atoms with E-state index < -0.39 is 5.54 Å². The third-order valence-electron chi connectivity index (χ3n) is 4.49. The first-order chi connectivity index (χ1) is 10.0. The van der Waals surface area contributed by atoms with Crippen molar-refractivity contribution in [3.63, 3.8) is 0 Å². The predicted molar refractivity (Wildman–Crippen MR) is 85.2 cm³/mol. The van der Waals surface area contributed by atoms with E-state index in [-0.39, 0.29) is 18.4 Å². The fraction of sp³-hybridized carbons (Fsp3) is 0.500. The van der Waals surface area contributed by atoms with Crippen LogP contribution in [-0.2, 0) is 9.59 Å². The highest BCUT2D eigenvalue weighted by molar-refractivity contribution is 9.10. The van der Waals surface area contributed by atoms with Gasteiger partial charge in [0.1, 0.15) is 12.1 Å². The number of hydrogen-bond acceptors (Lipinski definition) is 2. The summed E-state index contributed by atoms with van der Waals surface area (Å²) in [6.07, 6.45) is 4.65. The topological polar surface area (TPSA) is 49.4 Å². The lowest BCUT2D eigenvalue weighted by molar-refractivity contribution is -0.137. The molecule has 0 atom stereocenters. The molecule has 2 aliphatic rings. The number of piperazine rings is 1. The van der Waals surface area contributed by atoms with Crippen molar-refractivity contribution < 1.29 is 9.59 Å². The molecule has 21 heavy (non-hydrogen) atoms. The van der Waals surface area contributed by atoms with Crippen LogP contribution < -0.4 is 10.2 Å². The van der Waals surface area contributed by atoms with Crippen LogP contribution in [0.4, 0.5) is 5.69 Å². The number of nitrogens with zero attached hydrogens (tertiary/aromatic N) is 1. The van der Waals surface area contributed by atoms with Crippen LogP contribution >= 0.6 is 15.9 Å². The number of rotatable bonds is 1. The molecule has 1 aliphatic heterocycles. The lowest BCUT2D eigenvalue weighted by Gasteiger charge is -2.44. The SMILES string of the molecule is Cc1cc(Br)ccc1N1CC(=O)NC2(CCCCC2)C1=O. The Morgan fingerprint density at radius 3 is 2.57 bits per heavy atom. The second kappa shape index (κ2) is 5.44. The van der Waals surface area contributed by atoms with Gasteiger partial charge in [0.25, 0.3) is 5.91 Å². The second-order valence-corrected chi connectivity index (χ2v) is 6.93. The lowest BCUT2D eigenvalue weighted by Crippen LogP contribution is -2.67. The van der Waals surface area contributed by atoms with Gasteiger partial charge < -0.3 is 10.2 Å². The number of anilines is 1. The van der Waals surface area contributed by atoms with Gasteiger partial charge in [-0.15, -0.1) is 0 Å². The minimum absolute atomic E-state index is 0.0484. The number of benzene rings is 1. The van der Waals surface area contributed by atoms with Crippen molar-refractivity contribution >= 4 is 33.4 Å². The van der Waals surface area contributed by atoms with Crippen LogP contribution in [0.3, 0.4) is 0 Å². The van der Waals surface area contributed by atoms with Gasteiger partial charge in [-0.3, -0.25) is 9.59 Å². The predicted octanol–water partition coefficient (Wildman–Crippen LogP) is 2.92. The summed E-state index contributed by atoms with van der Waals surface area (Å²) in [6.45, 7) is 2.08. The third kappa shape index (κ3) is 2.59. The average Bonchev–Trinajstić information content (AvgIpc) is 2.44. The molecule has 2 fully saturated rings. The van der Waals surface area contributed by atoms with Crippen LogP contribution in [0, 0.1) is 6.92 Å². The summed E-state index contributed by atoms with van der Waals surface area (Å²) in [7, 11) is 0. The molecule has 1 heterocycles. The maximum atomic E-state index is 13.0. The first-order valence-corrected chi connectivity index (χ1v) is 8.20. The molecule has 2 amide bonds. The molecular formula is C16H19BrN2O2. The van der Waals surface area contributed by atoms with Gasteiger partial charge in [0, 0.05) is 10.2 Å². The smallest absolute Gasteiger partial charge is 0.253 e. The molecule has 1 aromatic rings. The Bertz CT molecular complexity index is 594. The molecule has 5 heteroatoms.